The number of amides is 1. The van der Waals surface area contributed by atoms with Crippen molar-refractivity contribution in [2.24, 2.45) is 5.92 Å². The molecule has 1 amide bonds. The van der Waals surface area contributed by atoms with E-state index in [1.165, 1.54) is 0 Å². The molecule has 2 rings (SSSR count). The van der Waals surface area contributed by atoms with Crippen LogP contribution >= 0.6 is 0 Å². The Morgan fingerprint density at radius 1 is 1.04 bits per heavy atom. The van der Waals surface area contributed by atoms with Gasteiger partial charge in [0, 0.05) is 12.1 Å². The molecule has 0 saturated heterocycles. The van der Waals surface area contributed by atoms with E-state index in [1.807, 2.05) is 0 Å². The second-order valence-electron chi connectivity index (χ2n) is 5.97. The molecule has 0 radical (unpaired) electrons. The third-order valence-corrected chi connectivity index (χ3v) is 4.19. The molecular weight excluding hydrogens is 370 g/mol. The van der Waals surface area contributed by atoms with Crippen LogP contribution < -0.4 is 5.32 Å². The van der Waals surface area contributed by atoms with Gasteiger partial charge in [-0.05, 0) is 12.0 Å². The summed E-state index contributed by atoms with van der Waals surface area (Å²) in [6.07, 6.45) is 0.213. The van der Waals surface area contributed by atoms with Crippen molar-refractivity contribution in [2.45, 2.75) is 19.4 Å². The normalized spacial score (nSPS) is 12.6. The van der Waals surface area contributed by atoms with Crippen LogP contribution in [-0.4, -0.2) is 26.8 Å². The fraction of sp³-hybridized carbons (Fsp3) is 0.222. The molecule has 2 atom stereocenters. The van der Waals surface area contributed by atoms with Gasteiger partial charge in [-0.1, -0.05) is 37.3 Å². The van der Waals surface area contributed by atoms with Crippen LogP contribution in [0.15, 0.2) is 48.5 Å². The van der Waals surface area contributed by atoms with E-state index in [0.29, 0.717) is 5.56 Å². The smallest absolute Gasteiger partial charge is 0.308 e. The molecule has 0 fully saturated rings. The van der Waals surface area contributed by atoms with Gasteiger partial charge >= 0.3 is 5.97 Å². The van der Waals surface area contributed by atoms with Gasteiger partial charge in [0.25, 0.3) is 17.3 Å². The molecule has 0 saturated carbocycles. The number of carboxylic acids is 1. The second kappa shape index (κ2) is 8.71. The van der Waals surface area contributed by atoms with Gasteiger partial charge in [-0.15, -0.1) is 0 Å². The molecule has 0 spiro atoms. The zero-order chi connectivity index (χ0) is 20.8. The maximum atomic E-state index is 12.7. The number of aliphatic carboxylic acids is 1. The third kappa shape index (κ3) is 4.67. The van der Waals surface area contributed by atoms with Gasteiger partial charge in [-0.25, -0.2) is 0 Å². The summed E-state index contributed by atoms with van der Waals surface area (Å²) in [4.78, 5) is 44.6. The zero-order valence-electron chi connectivity index (χ0n) is 14.8. The number of hydrogen-bond donors (Lipinski definition) is 2. The van der Waals surface area contributed by atoms with Crippen molar-refractivity contribution in [3.05, 3.63) is 79.9 Å². The Morgan fingerprint density at radius 2 is 1.57 bits per heavy atom. The SMILES string of the molecule is CC[C@H](C(=O)O)C(NC(=O)c1cc([N+](=O)[O-])cc([N+](=O)[O-])c1)c1ccccc1. The number of hydrogen-bond acceptors (Lipinski definition) is 6. The van der Waals surface area contributed by atoms with E-state index in [2.05, 4.69) is 5.32 Å². The lowest BCUT2D eigenvalue weighted by Crippen LogP contribution is -2.36. The van der Waals surface area contributed by atoms with E-state index in [4.69, 9.17) is 0 Å². The fourth-order valence-corrected chi connectivity index (χ4v) is 2.79. The summed E-state index contributed by atoms with van der Waals surface area (Å²) in [6.45, 7) is 1.65. The highest BCUT2D eigenvalue weighted by atomic mass is 16.6. The molecule has 10 heteroatoms. The minimum Gasteiger partial charge on any atom is -0.481 e. The Hall–Kier alpha value is -3.82. The lowest BCUT2D eigenvalue weighted by Gasteiger charge is -2.24. The van der Waals surface area contributed by atoms with Crippen LogP contribution in [0, 0.1) is 26.1 Å². The zero-order valence-corrected chi connectivity index (χ0v) is 14.8. The molecule has 0 heterocycles. The number of non-ortho nitro benzene ring substituents is 2. The van der Waals surface area contributed by atoms with Crippen LogP contribution in [0.3, 0.4) is 0 Å². The number of nitro groups is 2. The maximum Gasteiger partial charge on any atom is 0.308 e. The number of nitro benzene ring substituents is 2. The summed E-state index contributed by atoms with van der Waals surface area (Å²) in [7, 11) is 0. The van der Waals surface area contributed by atoms with Gasteiger partial charge < -0.3 is 10.4 Å². The highest BCUT2D eigenvalue weighted by Crippen LogP contribution is 2.27. The van der Waals surface area contributed by atoms with Crippen molar-refractivity contribution in [1.29, 1.82) is 0 Å². The predicted octanol–water partition coefficient (Wildman–Crippen LogP) is 3.08. The molecule has 28 heavy (non-hydrogen) atoms. The van der Waals surface area contributed by atoms with E-state index in [1.54, 1.807) is 37.3 Å². The summed E-state index contributed by atoms with van der Waals surface area (Å²) >= 11 is 0. The van der Waals surface area contributed by atoms with Crippen LogP contribution in [0.2, 0.25) is 0 Å². The number of carbonyl (C=O) groups is 2. The first-order chi connectivity index (χ1) is 13.2. The van der Waals surface area contributed by atoms with Crippen LogP contribution in [0.4, 0.5) is 11.4 Å². The first kappa shape index (κ1) is 20.5. The highest BCUT2D eigenvalue weighted by molar-refractivity contribution is 5.96. The average molecular weight is 387 g/mol. The number of carbonyl (C=O) groups excluding carboxylic acids is 1. The van der Waals surface area contributed by atoms with Gasteiger partial charge in [0.15, 0.2) is 0 Å². The second-order valence-corrected chi connectivity index (χ2v) is 5.97. The van der Waals surface area contributed by atoms with Crippen LogP contribution in [-0.2, 0) is 4.79 Å². The van der Waals surface area contributed by atoms with Crippen molar-refractivity contribution in [3.63, 3.8) is 0 Å². The van der Waals surface area contributed by atoms with E-state index in [9.17, 15) is 34.9 Å². The van der Waals surface area contributed by atoms with E-state index >= 15 is 0 Å². The summed E-state index contributed by atoms with van der Waals surface area (Å²) < 4.78 is 0. The Bertz CT molecular complexity index is 882. The van der Waals surface area contributed by atoms with Crippen molar-refractivity contribution in [2.75, 3.05) is 0 Å². The summed E-state index contributed by atoms with van der Waals surface area (Å²) in [5.41, 5.74) is -0.992. The average Bonchev–Trinajstić information content (AvgIpc) is 2.67. The molecule has 0 aliphatic rings. The van der Waals surface area contributed by atoms with Crippen molar-refractivity contribution in [1.82, 2.24) is 5.32 Å². The highest BCUT2D eigenvalue weighted by Gasteiger charge is 2.30. The minimum absolute atomic E-state index is 0.213. The summed E-state index contributed by atoms with van der Waals surface area (Å²) in [5.74, 6) is -2.93. The van der Waals surface area contributed by atoms with Gasteiger partial charge in [0.05, 0.1) is 33.4 Å². The number of benzene rings is 2. The molecule has 0 aliphatic heterocycles. The van der Waals surface area contributed by atoms with Gasteiger partial charge in [-0.3, -0.25) is 29.8 Å². The van der Waals surface area contributed by atoms with Crippen LogP contribution in [0.5, 0.6) is 0 Å². The quantitative estimate of drug-likeness (QED) is 0.521. The van der Waals surface area contributed by atoms with E-state index < -0.39 is 45.1 Å². The molecule has 0 aliphatic carbocycles. The molecular formula is C18H17N3O7. The molecule has 2 N–H and O–H groups in total. The van der Waals surface area contributed by atoms with Gasteiger partial charge in [-0.2, -0.15) is 0 Å². The molecule has 146 valence electrons. The van der Waals surface area contributed by atoms with E-state index in [0.717, 1.165) is 18.2 Å². The Kier molecular flexibility index (Phi) is 6.38. The Morgan fingerprint density at radius 3 is 2.00 bits per heavy atom. The minimum atomic E-state index is -1.12. The first-order valence-electron chi connectivity index (χ1n) is 8.27. The number of nitrogens with one attached hydrogen (secondary N) is 1. The summed E-state index contributed by atoms with van der Waals surface area (Å²) in [6, 6.07) is 10.0. The Labute approximate surface area is 159 Å². The third-order valence-electron chi connectivity index (χ3n) is 4.19. The molecule has 0 aromatic heterocycles. The number of carboxylic acid groups (broad SMARTS) is 1. The number of nitrogens with zero attached hydrogens (tertiary/aromatic N) is 2. The monoisotopic (exact) mass is 387 g/mol. The number of rotatable bonds is 8. The van der Waals surface area contributed by atoms with E-state index in [-0.39, 0.29) is 12.0 Å². The molecule has 1 unspecified atom stereocenters. The standard InChI is InChI=1S/C18H17N3O7/c1-2-15(18(23)24)16(11-6-4-3-5-7-11)19-17(22)12-8-13(20(25)26)10-14(9-12)21(27)28/h3-10,15-16H,2H2,1H3,(H,19,22)(H,23,24)/t15-,16?/m0/s1. The lowest BCUT2D eigenvalue weighted by atomic mass is 9.90. The van der Waals surface area contributed by atoms with Crippen LogP contribution in [0.1, 0.15) is 35.3 Å². The molecule has 2 aromatic rings. The topological polar surface area (TPSA) is 153 Å². The lowest BCUT2D eigenvalue weighted by molar-refractivity contribution is -0.394. The Balaban J connectivity index is 2.44. The van der Waals surface area contributed by atoms with Crippen molar-refractivity contribution < 1.29 is 24.5 Å². The van der Waals surface area contributed by atoms with Crippen LogP contribution in [0.25, 0.3) is 0 Å². The van der Waals surface area contributed by atoms with Gasteiger partial charge in [0.1, 0.15) is 0 Å². The largest absolute Gasteiger partial charge is 0.481 e. The summed E-state index contributed by atoms with van der Waals surface area (Å²) in [5, 5.41) is 34.1. The molecule has 0 bridgehead atoms. The van der Waals surface area contributed by atoms with Crippen molar-refractivity contribution in [3.8, 4) is 0 Å². The van der Waals surface area contributed by atoms with Crippen molar-refractivity contribution >= 4 is 23.3 Å². The van der Waals surface area contributed by atoms with Gasteiger partial charge in [0.2, 0.25) is 0 Å². The fourth-order valence-electron chi connectivity index (χ4n) is 2.79. The molecule has 2 aromatic carbocycles. The first-order valence-corrected chi connectivity index (χ1v) is 8.27. The maximum absolute atomic E-state index is 12.7. The predicted molar refractivity (Wildman–Crippen MR) is 97.8 cm³/mol. The molecule has 10 nitrogen and oxygen atoms in total.